The highest BCUT2D eigenvalue weighted by Gasteiger charge is 2.22. The Balaban J connectivity index is 1.91. The van der Waals surface area contributed by atoms with Crippen LogP contribution < -0.4 is 15.8 Å². The molecule has 3 N–H and O–H groups in total. The highest BCUT2D eigenvalue weighted by molar-refractivity contribution is 5.85. The molecule has 148 valence electrons. The molecule has 0 aliphatic carbocycles. The van der Waals surface area contributed by atoms with Gasteiger partial charge in [-0.1, -0.05) is 42.5 Å². The number of primary amides is 1. The van der Waals surface area contributed by atoms with E-state index in [1.54, 1.807) is 31.2 Å². The Morgan fingerprint density at radius 1 is 1.00 bits per heavy atom. The minimum Gasteiger partial charge on any atom is -0.484 e. The maximum atomic E-state index is 12.2. The molecule has 0 heterocycles. The summed E-state index contributed by atoms with van der Waals surface area (Å²) in [5.74, 6) is -0.874. The standard InChI is InChI=1S/C21H24N2O5/c1-2-27-21(26)18(12-15-6-4-3-5-7-15)23-20(25)14-28-17-10-8-16(9-11-17)13-19(22)24/h3-11,18H,2,12-14H2,1H3,(H2,22,24)(H,23,25). The number of carbonyl (C=O) groups is 3. The monoisotopic (exact) mass is 384 g/mol. The van der Waals surface area contributed by atoms with Crippen LogP contribution in [0.4, 0.5) is 0 Å². The Morgan fingerprint density at radius 2 is 1.68 bits per heavy atom. The van der Waals surface area contributed by atoms with E-state index in [2.05, 4.69) is 5.32 Å². The van der Waals surface area contributed by atoms with Crippen molar-refractivity contribution in [3.8, 4) is 5.75 Å². The molecule has 28 heavy (non-hydrogen) atoms. The van der Waals surface area contributed by atoms with E-state index >= 15 is 0 Å². The fraction of sp³-hybridized carbons (Fsp3) is 0.286. The van der Waals surface area contributed by atoms with Crippen molar-refractivity contribution in [1.82, 2.24) is 5.32 Å². The topological polar surface area (TPSA) is 108 Å². The van der Waals surface area contributed by atoms with Gasteiger partial charge in [-0.25, -0.2) is 4.79 Å². The third-order valence-corrected chi connectivity index (χ3v) is 3.86. The molecule has 2 aromatic rings. The zero-order valence-electron chi connectivity index (χ0n) is 15.7. The molecule has 1 atom stereocenters. The maximum Gasteiger partial charge on any atom is 0.328 e. The number of esters is 1. The Labute approximate surface area is 163 Å². The predicted molar refractivity (Wildman–Crippen MR) is 104 cm³/mol. The second-order valence-corrected chi connectivity index (χ2v) is 6.14. The van der Waals surface area contributed by atoms with Gasteiger partial charge < -0.3 is 20.5 Å². The molecule has 7 heteroatoms. The summed E-state index contributed by atoms with van der Waals surface area (Å²) in [6.45, 7) is 1.69. The number of hydrogen-bond acceptors (Lipinski definition) is 5. The fourth-order valence-electron chi connectivity index (χ4n) is 2.58. The molecule has 2 rings (SSSR count). The fourth-order valence-corrected chi connectivity index (χ4v) is 2.58. The number of carbonyl (C=O) groups excluding carboxylic acids is 3. The van der Waals surface area contributed by atoms with Crippen LogP contribution in [-0.4, -0.2) is 37.0 Å². The summed E-state index contributed by atoms with van der Waals surface area (Å²) in [7, 11) is 0. The summed E-state index contributed by atoms with van der Waals surface area (Å²) in [5, 5.41) is 2.66. The molecule has 0 radical (unpaired) electrons. The van der Waals surface area contributed by atoms with Gasteiger partial charge in [-0.05, 0) is 30.2 Å². The van der Waals surface area contributed by atoms with Crippen molar-refractivity contribution in [1.29, 1.82) is 0 Å². The number of nitrogens with two attached hydrogens (primary N) is 1. The largest absolute Gasteiger partial charge is 0.484 e. The molecule has 0 fully saturated rings. The van der Waals surface area contributed by atoms with E-state index in [4.69, 9.17) is 15.2 Å². The van der Waals surface area contributed by atoms with Crippen LogP contribution in [0, 0.1) is 0 Å². The minimum atomic E-state index is -0.795. The van der Waals surface area contributed by atoms with E-state index in [9.17, 15) is 14.4 Å². The van der Waals surface area contributed by atoms with Gasteiger partial charge in [0.25, 0.3) is 5.91 Å². The van der Waals surface area contributed by atoms with Crippen LogP contribution in [0.25, 0.3) is 0 Å². The number of ether oxygens (including phenoxy) is 2. The summed E-state index contributed by atoms with van der Waals surface area (Å²) >= 11 is 0. The number of rotatable bonds is 10. The minimum absolute atomic E-state index is 0.140. The Bertz CT molecular complexity index is 790. The van der Waals surface area contributed by atoms with Gasteiger partial charge >= 0.3 is 5.97 Å². The van der Waals surface area contributed by atoms with Crippen LogP contribution in [0.2, 0.25) is 0 Å². The lowest BCUT2D eigenvalue weighted by molar-refractivity contribution is -0.147. The average Bonchev–Trinajstić information content (AvgIpc) is 2.67. The molecule has 1 unspecified atom stereocenters. The summed E-state index contributed by atoms with van der Waals surface area (Å²) < 4.78 is 10.5. The maximum absolute atomic E-state index is 12.2. The molecule has 0 saturated carbocycles. The van der Waals surface area contributed by atoms with Crippen LogP contribution >= 0.6 is 0 Å². The summed E-state index contributed by atoms with van der Waals surface area (Å²) in [5.41, 5.74) is 6.82. The lowest BCUT2D eigenvalue weighted by Crippen LogP contribution is -2.45. The van der Waals surface area contributed by atoms with E-state index in [0.29, 0.717) is 12.2 Å². The number of benzene rings is 2. The van der Waals surface area contributed by atoms with Gasteiger partial charge in [0.1, 0.15) is 11.8 Å². The van der Waals surface area contributed by atoms with Crippen molar-refractivity contribution >= 4 is 17.8 Å². The number of nitrogens with one attached hydrogen (secondary N) is 1. The SMILES string of the molecule is CCOC(=O)C(Cc1ccccc1)NC(=O)COc1ccc(CC(N)=O)cc1. The zero-order chi connectivity index (χ0) is 20.4. The lowest BCUT2D eigenvalue weighted by atomic mass is 10.1. The predicted octanol–water partition coefficient (Wildman–Crippen LogP) is 1.38. The molecular weight excluding hydrogens is 360 g/mol. The van der Waals surface area contributed by atoms with E-state index in [-0.39, 0.29) is 19.6 Å². The van der Waals surface area contributed by atoms with Gasteiger partial charge in [0.2, 0.25) is 5.91 Å². The first-order valence-corrected chi connectivity index (χ1v) is 8.98. The lowest BCUT2D eigenvalue weighted by Gasteiger charge is -2.17. The molecule has 0 spiro atoms. The second kappa shape index (κ2) is 10.7. The van der Waals surface area contributed by atoms with Crippen molar-refractivity contribution in [2.45, 2.75) is 25.8 Å². The van der Waals surface area contributed by atoms with Crippen LogP contribution in [-0.2, 0) is 32.0 Å². The third kappa shape index (κ3) is 7.11. The van der Waals surface area contributed by atoms with Gasteiger partial charge in [-0.3, -0.25) is 9.59 Å². The molecule has 2 amide bonds. The van der Waals surface area contributed by atoms with E-state index in [0.717, 1.165) is 11.1 Å². The summed E-state index contributed by atoms with van der Waals surface area (Å²) in [6, 6.07) is 15.3. The van der Waals surface area contributed by atoms with Crippen LogP contribution in [0.3, 0.4) is 0 Å². The van der Waals surface area contributed by atoms with Gasteiger partial charge in [-0.15, -0.1) is 0 Å². The Kier molecular flexibility index (Phi) is 8.02. The first kappa shape index (κ1) is 21.0. The number of hydrogen-bond donors (Lipinski definition) is 2. The highest BCUT2D eigenvalue weighted by Crippen LogP contribution is 2.12. The molecule has 0 aliphatic rings. The summed E-state index contributed by atoms with van der Waals surface area (Å²) in [4.78, 5) is 35.3. The van der Waals surface area contributed by atoms with E-state index in [1.165, 1.54) is 0 Å². The Hall–Kier alpha value is -3.35. The first-order chi connectivity index (χ1) is 13.5. The molecule has 0 saturated heterocycles. The van der Waals surface area contributed by atoms with E-state index in [1.807, 2.05) is 30.3 Å². The quantitative estimate of drug-likeness (QED) is 0.602. The molecule has 0 aromatic heterocycles. The van der Waals surface area contributed by atoms with Gasteiger partial charge in [0, 0.05) is 6.42 Å². The first-order valence-electron chi connectivity index (χ1n) is 8.98. The van der Waals surface area contributed by atoms with Crippen LogP contribution in [0.15, 0.2) is 54.6 Å². The highest BCUT2D eigenvalue weighted by atomic mass is 16.5. The normalized spacial score (nSPS) is 11.3. The third-order valence-electron chi connectivity index (χ3n) is 3.86. The summed E-state index contributed by atoms with van der Waals surface area (Å²) in [6.07, 6.45) is 0.467. The van der Waals surface area contributed by atoms with E-state index < -0.39 is 23.8 Å². The van der Waals surface area contributed by atoms with Crippen molar-refractivity contribution in [2.24, 2.45) is 5.73 Å². The molecule has 7 nitrogen and oxygen atoms in total. The second-order valence-electron chi connectivity index (χ2n) is 6.14. The van der Waals surface area contributed by atoms with Crippen LogP contribution in [0.5, 0.6) is 5.75 Å². The molecule has 0 bridgehead atoms. The van der Waals surface area contributed by atoms with Gasteiger partial charge in [0.15, 0.2) is 6.61 Å². The average molecular weight is 384 g/mol. The Morgan fingerprint density at radius 3 is 2.29 bits per heavy atom. The number of amides is 2. The van der Waals surface area contributed by atoms with Crippen molar-refractivity contribution in [2.75, 3.05) is 13.2 Å². The van der Waals surface area contributed by atoms with Crippen molar-refractivity contribution in [3.05, 3.63) is 65.7 Å². The van der Waals surface area contributed by atoms with Crippen LogP contribution in [0.1, 0.15) is 18.1 Å². The molecular formula is C21H24N2O5. The van der Waals surface area contributed by atoms with Gasteiger partial charge in [-0.2, -0.15) is 0 Å². The molecule has 0 aliphatic heterocycles. The van der Waals surface area contributed by atoms with Crippen molar-refractivity contribution in [3.63, 3.8) is 0 Å². The zero-order valence-corrected chi connectivity index (χ0v) is 15.7. The van der Waals surface area contributed by atoms with Crippen molar-refractivity contribution < 1.29 is 23.9 Å². The smallest absolute Gasteiger partial charge is 0.328 e. The van der Waals surface area contributed by atoms with Gasteiger partial charge in [0.05, 0.1) is 13.0 Å². The molecule has 2 aromatic carbocycles.